The number of benzene rings is 1. The maximum absolute atomic E-state index is 5.85. The zero-order chi connectivity index (χ0) is 11.5. The normalized spacial score (nSPS) is 11.0. The first-order valence-corrected chi connectivity index (χ1v) is 6.68. The van der Waals surface area contributed by atoms with Crippen LogP contribution in [-0.2, 0) is 5.88 Å². The Bertz CT molecular complexity index is 462. The first kappa shape index (κ1) is 11.6. The van der Waals surface area contributed by atoms with E-state index in [9.17, 15) is 0 Å². The van der Waals surface area contributed by atoms with Crippen molar-refractivity contribution in [1.82, 2.24) is 4.98 Å². The molecule has 0 bridgehead atoms. The van der Waals surface area contributed by atoms with Crippen LogP contribution in [0.2, 0.25) is 0 Å². The van der Waals surface area contributed by atoms with E-state index in [1.54, 1.807) is 11.3 Å². The Morgan fingerprint density at radius 1 is 1.25 bits per heavy atom. The predicted octanol–water partition coefficient (Wildman–Crippen LogP) is 4.67. The van der Waals surface area contributed by atoms with Gasteiger partial charge in [0.1, 0.15) is 5.01 Å². The molecule has 0 aliphatic rings. The Morgan fingerprint density at radius 2 is 1.94 bits per heavy atom. The molecule has 0 aliphatic carbocycles. The van der Waals surface area contributed by atoms with Gasteiger partial charge in [-0.1, -0.05) is 44.2 Å². The number of hydrogen-bond acceptors (Lipinski definition) is 2. The minimum absolute atomic E-state index is 0.490. The minimum atomic E-state index is 0.490. The molecule has 1 nitrogen and oxygen atoms in total. The van der Waals surface area contributed by atoms with Gasteiger partial charge in [-0.3, -0.25) is 0 Å². The van der Waals surface area contributed by atoms with Crippen molar-refractivity contribution in [2.75, 3.05) is 0 Å². The highest BCUT2D eigenvalue weighted by atomic mass is 35.5. The summed E-state index contributed by atoms with van der Waals surface area (Å²) in [6, 6.07) is 10.3. The summed E-state index contributed by atoms with van der Waals surface area (Å²) in [6.07, 6.45) is 0. The zero-order valence-electron chi connectivity index (χ0n) is 9.40. The van der Waals surface area contributed by atoms with E-state index in [1.807, 2.05) is 18.2 Å². The van der Waals surface area contributed by atoms with Crippen molar-refractivity contribution in [3.8, 4) is 11.3 Å². The third kappa shape index (κ3) is 2.28. The third-order valence-corrected chi connectivity index (χ3v) is 4.15. The Labute approximate surface area is 105 Å². The van der Waals surface area contributed by atoms with E-state index in [1.165, 1.54) is 10.4 Å². The number of alkyl halides is 1. The van der Waals surface area contributed by atoms with Gasteiger partial charge in [0.05, 0.1) is 11.6 Å². The van der Waals surface area contributed by atoms with Gasteiger partial charge in [-0.15, -0.1) is 22.9 Å². The fourth-order valence-corrected chi connectivity index (χ4v) is 2.79. The van der Waals surface area contributed by atoms with E-state index in [2.05, 4.69) is 31.0 Å². The first-order valence-electron chi connectivity index (χ1n) is 5.33. The molecule has 0 radical (unpaired) electrons. The van der Waals surface area contributed by atoms with Crippen molar-refractivity contribution in [2.24, 2.45) is 0 Å². The van der Waals surface area contributed by atoms with Crippen LogP contribution in [0.4, 0.5) is 0 Å². The van der Waals surface area contributed by atoms with E-state index < -0.39 is 0 Å². The van der Waals surface area contributed by atoms with Crippen LogP contribution in [0.25, 0.3) is 11.3 Å². The predicted molar refractivity (Wildman–Crippen MR) is 71.2 cm³/mol. The molecule has 84 valence electrons. The second-order valence-corrected chi connectivity index (χ2v) is 5.36. The quantitative estimate of drug-likeness (QED) is 0.723. The molecule has 2 rings (SSSR count). The van der Waals surface area contributed by atoms with Crippen LogP contribution in [0.3, 0.4) is 0 Å². The lowest BCUT2D eigenvalue weighted by atomic mass is 10.1. The summed E-state index contributed by atoms with van der Waals surface area (Å²) in [5.74, 6) is 0.988. The molecule has 0 saturated carbocycles. The second-order valence-electron chi connectivity index (χ2n) is 3.97. The van der Waals surface area contributed by atoms with Crippen molar-refractivity contribution >= 4 is 22.9 Å². The summed E-state index contributed by atoms with van der Waals surface area (Å²) in [6.45, 7) is 4.38. The highest BCUT2D eigenvalue weighted by Gasteiger charge is 2.14. The van der Waals surface area contributed by atoms with E-state index >= 15 is 0 Å². The third-order valence-electron chi connectivity index (χ3n) is 2.38. The summed E-state index contributed by atoms with van der Waals surface area (Å²) >= 11 is 7.57. The average molecular weight is 252 g/mol. The summed E-state index contributed by atoms with van der Waals surface area (Å²) in [4.78, 5) is 5.93. The Morgan fingerprint density at radius 3 is 2.50 bits per heavy atom. The van der Waals surface area contributed by atoms with Crippen molar-refractivity contribution in [1.29, 1.82) is 0 Å². The van der Waals surface area contributed by atoms with Gasteiger partial charge in [0.25, 0.3) is 0 Å². The summed E-state index contributed by atoms with van der Waals surface area (Å²) in [7, 11) is 0. The molecular weight excluding hydrogens is 238 g/mol. The lowest BCUT2D eigenvalue weighted by Gasteiger charge is -2.04. The largest absolute Gasteiger partial charge is 0.240 e. The van der Waals surface area contributed by atoms with Crippen LogP contribution in [-0.4, -0.2) is 4.98 Å². The monoisotopic (exact) mass is 251 g/mol. The molecule has 3 heteroatoms. The van der Waals surface area contributed by atoms with Crippen LogP contribution >= 0.6 is 22.9 Å². The van der Waals surface area contributed by atoms with E-state index in [4.69, 9.17) is 11.6 Å². The van der Waals surface area contributed by atoms with Gasteiger partial charge in [-0.05, 0) is 5.92 Å². The molecular formula is C13H14ClNS. The van der Waals surface area contributed by atoms with Crippen LogP contribution in [0, 0.1) is 0 Å². The molecule has 0 fully saturated rings. The van der Waals surface area contributed by atoms with Crippen molar-refractivity contribution in [2.45, 2.75) is 25.6 Å². The lowest BCUT2D eigenvalue weighted by Crippen LogP contribution is -1.87. The topological polar surface area (TPSA) is 12.9 Å². The SMILES string of the molecule is CC(C)c1sc(CCl)nc1-c1ccccc1. The molecule has 0 unspecified atom stereocenters. The molecule has 0 saturated heterocycles. The molecule has 16 heavy (non-hydrogen) atoms. The van der Waals surface area contributed by atoms with Crippen LogP contribution in [0.15, 0.2) is 30.3 Å². The van der Waals surface area contributed by atoms with Gasteiger partial charge in [0, 0.05) is 10.4 Å². The van der Waals surface area contributed by atoms with Gasteiger partial charge < -0.3 is 0 Å². The number of thiazole rings is 1. The van der Waals surface area contributed by atoms with Gasteiger partial charge in [-0.25, -0.2) is 4.98 Å². The summed E-state index contributed by atoms with van der Waals surface area (Å²) < 4.78 is 0. The van der Waals surface area contributed by atoms with Crippen LogP contribution < -0.4 is 0 Å². The van der Waals surface area contributed by atoms with E-state index in [0.717, 1.165) is 10.7 Å². The smallest absolute Gasteiger partial charge is 0.108 e. The zero-order valence-corrected chi connectivity index (χ0v) is 11.0. The lowest BCUT2D eigenvalue weighted by molar-refractivity contribution is 0.888. The Kier molecular flexibility index (Phi) is 3.62. The molecule has 1 aromatic heterocycles. The highest BCUT2D eigenvalue weighted by Crippen LogP contribution is 2.34. The number of hydrogen-bond donors (Lipinski definition) is 0. The number of rotatable bonds is 3. The van der Waals surface area contributed by atoms with E-state index in [-0.39, 0.29) is 0 Å². The number of aromatic nitrogens is 1. The minimum Gasteiger partial charge on any atom is -0.240 e. The molecule has 2 aromatic rings. The van der Waals surface area contributed by atoms with Gasteiger partial charge in [0.15, 0.2) is 0 Å². The number of halogens is 1. The fourth-order valence-electron chi connectivity index (χ4n) is 1.63. The Balaban J connectivity index is 2.51. The fraction of sp³-hybridized carbons (Fsp3) is 0.308. The van der Waals surface area contributed by atoms with Gasteiger partial charge >= 0.3 is 0 Å². The highest BCUT2D eigenvalue weighted by molar-refractivity contribution is 7.12. The Hall–Kier alpha value is -0.860. The van der Waals surface area contributed by atoms with Crippen molar-refractivity contribution < 1.29 is 0 Å². The van der Waals surface area contributed by atoms with Gasteiger partial charge in [-0.2, -0.15) is 0 Å². The molecule has 0 aliphatic heterocycles. The summed E-state index contributed by atoms with van der Waals surface area (Å²) in [5, 5.41) is 1.00. The maximum Gasteiger partial charge on any atom is 0.108 e. The molecule has 0 amide bonds. The molecule has 1 heterocycles. The molecule has 1 aromatic carbocycles. The average Bonchev–Trinajstić information content (AvgIpc) is 2.74. The maximum atomic E-state index is 5.85. The summed E-state index contributed by atoms with van der Waals surface area (Å²) in [5.41, 5.74) is 2.27. The van der Waals surface area contributed by atoms with Crippen molar-refractivity contribution in [3.05, 3.63) is 40.2 Å². The molecule has 0 atom stereocenters. The van der Waals surface area contributed by atoms with Gasteiger partial charge in [0.2, 0.25) is 0 Å². The molecule has 0 N–H and O–H groups in total. The van der Waals surface area contributed by atoms with Crippen molar-refractivity contribution in [3.63, 3.8) is 0 Å². The first-order chi connectivity index (χ1) is 7.72. The second kappa shape index (κ2) is 4.98. The van der Waals surface area contributed by atoms with Crippen LogP contribution in [0.5, 0.6) is 0 Å². The standard InChI is InChI=1S/C13H14ClNS/c1-9(2)13-12(15-11(8-14)16-13)10-6-4-3-5-7-10/h3-7,9H,8H2,1-2H3. The number of nitrogens with zero attached hydrogens (tertiary/aromatic N) is 1. The molecule has 0 spiro atoms. The van der Waals surface area contributed by atoms with E-state index in [0.29, 0.717) is 11.8 Å². The van der Waals surface area contributed by atoms with Crippen LogP contribution in [0.1, 0.15) is 29.7 Å².